The Balaban J connectivity index is 2.24. The second-order valence-electron chi connectivity index (χ2n) is 4.02. The van der Waals surface area contributed by atoms with E-state index in [1.165, 1.54) is 0 Å². The highest BCUT2D eigenvalue weighted by Gasteiger charge is 2.29. The van der Waals surface area contributed by atoms with Crippen molar-refractivity contribution in [3.05, 3.63) is 59.0 Å². The Labute approximate surface area is 93.3 Å². The fourth-order valence-corrected chi connectivity index (χ4v) is 2.34. The van der Waals surface area contributed by atoms with E-state index >= 15 is 0 Å². The van der Waals surface area contributed by atoms with Crippen molar-refractivity contribution in [2.45, 2.75) is 12.8 Å². The van der Waals surface area contributed by atoms with Crippen molar-refractivity contribution in [2.75, 3.05) is 0 Å². The van der Waals surface area contributed by atoms with Crippen molar-refractivity contribution in [1.29, 1.82) is 0 Å². The molecule has 16 heavy (non-hydrogen) atoms. The van der Waals surface area contributed by atoms with Crippen LogP contribution in [-0.2, 0) is 4.79 Å². The molecule has 3 rings (SSSR count). The van der Waals surface area contributed by atoms with Crippen LogP contribution in [0.15, 0.2) is 59.0 Å². The van der Waals surface area contributed by atoms with Gasteiger partial charge in [0.2, 0.25) is 0 Å². The van der Waals surface area contributed by atoms with Crippen LogP contribution in [0.2, 0.25) is 0 Å². The minimum Gasteiger partial charge on any atom is -0.289 e. The number of hydrogen-bond acceptors (Lipinski definition) is 3. The summed E-state index contributed by atoms with van der Waals surface area (Å²) < 4.78 is 0. The van der Waals surface area contributed by atoms with E-state index in [0.29, 0.717) is 11.3 Å². The van der Waals surface area contributed by atoms with Gasteiger partial charge in [-0.2, -0.15) is 0 Å². The van der Waals surface area contributed by atoms with E-state index < -0.39 is 0 Å². The van der Waals surface area contributed by atoms with Gasteiger partial charge in [0.05, 0.1) is 11.3 Å². The van der Waals surface area contributed by atoms with Gasteiger partial charge in [-0.15, -0.1) is 0 Å². The van der Waals surface area contributed by atoms with Crippen LogP contribution in [0, 0.1) is 0 Å². The number of nitrogens with zero attached hydrogens (tertiary/aromatic N) is 1. The molecule has 1 aliphatic heterocycles. The summed E-state index contributed by atoms with van der Waals surface area (Å²) in [5.41, 5.74) is 3.34. The Morgan fingerprint density at radius 1 is 1.12 bits per heavy atom. The molecule has 0 bridgehead atoms. The Bertz CT molecular complexity index is 518. The Morgan fingerprint density at radius 3 is 2.75 bits per heavy atom. The fourth-order valence-electron chi connectivity index (χ4n) is 2.34. The first-order valence-electron chi connectivity index (χ1n) is 5.29. The molecule has 0 aromatic carbocycles. The zero-order valence-electron chi connectivity index (χ0n) is 8.68. The molecule has 0 saturated heterocycles. The lowest BCUT2D eigenvalue weighted by molar-refractivity contribution is -0.111. The van der Waals surface area contributed by atoms with Crippen molar-refractivity contribution < 1.29 is 10.0 Å². The molecule has 0 spiro atoms. The molecule has 0 saturated carbocycles. The van der Waals surface area contributed by atoms with Crippen LogP contribution >= 0.6 is 0 Å². The maximum Gasteiger partial charge on any atom is 0.188 e. The molecule has 3 heteroatoms. The maximum absolute atomic E-state index is 11.9. The van der Waals surface area contributed by atoms with E-state index in [4.69, 9.17) is 0 Å². The van der Waals surface area contributed by atoms with E-state index in [-0.39, 0.29) is 5.78 Å². The normalized spacial score (nSPS) is 22.8. The van der Waals surface area contributed by atoms with Crippen molar-refractivity contribution in [3.63, 3.8) is 0 Å². The first-order chi connectivity index (χ1) is 7.77. The SMILES string of the molecule is O=C1C=CC=C2CCC3=CC=CN(O)C3=C12. The molecule has 0 atom stereocenters. The predicted octanol–water partition coefficient (Wildman–Crippen LogP) is 2.24. The van der Waals surface area contributed by atoms with Crippen LogP contribution in [0.4, 0.5) is 0 Å². The van der Waals surface area contributed by atoms with Gasteiger partial charge in [0.25, 0.3) is 0 Å². The molecule has 2 aliphatic carbocycles. The van der Waals surface area contributed by atoms with Gasteiger partial charge in [0, 0.05) is 6.20 Å². The summed E-state index contributed by atoms with van der Waals surface area (Å²) in [5.74, 6) is -0.0209. The van der Waals surface area contributed by atoms with Crippen LogP contribution in [0.1, 0.15) is 12.8 Å². The highest BCUT2D eigenvalue weighted by molar-refractivity contribution is 6.10. The monoisotopic (exact) mass is 213 g/mol. The topological polar surface area (TPSA) is 40.5 Å². The number of ketones is 1. The predicted molar refractivity (Wildman–Crippen MR) is 59.3 cm³/mol. The molecule has 80 valence electrons. The summed E-state index contributed by atoms with van der Waals surface area (Å²) >= 11 is 0. The van der Waals surface area contributed by atoms with Crippen molar-refractivity contribution in [3.8, 4) is 0 Å². The van der Waals surface area contributed by atoms with Gasteiger partial charge in [-0.1, -0.05) is 18.2 Å². The minimum absolute atomic E-state index is 0.0209. The lowest BCUT2D eigenvalue weighted by Gasteiger charge is -2.30. The first-order valence-corrected chi connectivity index (χ1v) is 5.29. The average molecular weight is 213 g/mol. The molecular weight excluding hydrogens is 202 g/mol. The second kappa shape index (κ2) is 3.32. The third-order valence-electron chi connectivity index (χ3n) is 3.07. The molecule has 3 nitrogen and oxygen atoms in total. The molecule has 0 amide bonds. The molecule has 0 unspecified atom stereocenters. The first kappa shape index (κ1) is 9.36. The molecule has 0 aromatic heterocycles. The van der Waals surface area contributed by atoms with Crippen LogP contribution in [0.25, 0.3) is 0 Å². The largest absolute Gasteiger partial charge is 0.289 e. The summed E-state index contributed by atoms with van der Waals surface area (Å²) in [7, 11) is 0. The van der Waals surface area contributed by atoms with E-state index in [0.717, 1.165) is 29.1 Å². The highest BCUT2D eigenvalue weighted by atomic mass is 16.5. The molecule has 1 heterocycles. The molecule has 0 aromatic rings. The Hall–Kier alpha value is -1.87. The number of carbonyl (C=O) groups excluding carboxylic acids is 1. The number of allylic oxidation sites excluding steroid dienone is 8. The summed E-state index contributed by atoms with van der Waals surface area (Å²) in [4.78, 5) is 11.9. The lowest BCUT2D eigenvalue weighted by atomic mass is 9.82. The number of carbonyl (C=O) groups is 1. The van der Waals surface area contributed by atoms with E-state index in [2.05, 4.69) is 0 Å². The van der Waals surface area contributed by atoms with Crippen LogP contribution < -0.4 is 0 Å². The van der Waals surface area contributed by atoms with Gasteiger partial charge in [-0.3, -0.25) is 10.0 Å². The molecule has 1 N–H and O–H groups in total. The second-order valence-corrected chi connectivity index (χ2v) is 4.02. The standard InChI is InChI=1S/C13H11NO2/c15-11-5-1-3-9-6-7-10-4-2-8-14(16)13(10)12(9)11/h1-5,8,16H,6-7H2. The number of rotatable bonds is 0. The average Bonchev–Trinajstić information content (AvgIpc) is 2.29. The van der Waals surface area contributed by atoms with Crippen LogP contribution in [0.3, 0.4) is 0 Å². The van der Waals surface area contributed by atoms with Crippen LogP contribution in [-0.4, -0.2) is 16.1 Å². The van der Waals surface area contributed by atoms with Gasteiger partial charge in [-0.05, 0) is 36.1 Å². The van der Waals surface area contributed by atoms with Gasteiger partial charge in [0.1, 0.15) is 0 Å². The zero-order chi connectivity index (χ0) is 11.1. The minimum atomic E-state index is -0.0209. The lowest BCUT2D eigenvalue weighted by Crippen LogP contribution is -2.25. The fraction of sp³-hybridized carbons (Fsp3) is 0.154. The number of fused-ring (bicyclic) bond motifs is 2. The number of hydroxylamine groups is 2. The third kappa shape index (κ3) is 1.22. The molecule has 3 aliphatic rings. The van der Waals surface area contributed by atoms with E-state index in [1.54, 1.807) is 24.4 Å². The van der Waals surface area contributed by atoms with Crippen molar-refractivity contribution in [2.24, 2.45) is 0 Å². The number of hydrogen-bond donors (Lipinski definition) is 1. The summed E-state index contributed by atoms with van der Waals surface area (Å²) in [6, 6.07) is 0. The van der Waals surface area contributed by atoms with Crippen molar-refractivity contribution in [1.82, 2.24) is 5.06 Å². The molecule has 0 fully saturated rings. The van der Waals surface area contributed by atoms with Gasteiger partial charge in [-0.25, -0.2) is 5.06 Å². The summed E-state index contributed by atoms with van der Waals surface area (Å²) in [6.07, 6.45) is 12.3. The Morgan fingerprint density at radius 2 is 1.88 bits per heavy atom. The van der Waals surface area contributed by atoms with Gasteiger partial charge in [0.15, 0.2) is 5.78 Å². The van der Waals surface area contributed by atoms with E-state index in [9.17, 15) is 10.0 Å². The smallest absolute Gasteiger partial charge is 0.188 e. The van der Waals surface area contributed by atoms with Gasteiger partial charge >= 0.3 is 0 Å². The van der Waals surface area contributed by atoms with Crippen LogP contribution in [0.5, 0.6) is 0 Å². The highest BCUT2D eigenvalue weighted by Crippen LogP contribution is 2.38. The van der Waals surface area contributed by atoms with Gasteiger partial charge < -0.3 is 0 Å². The summed E-state index contributed by atoms with van der Waals surface area (Å²) in [6.45, 7) is 0. The molecular formula is C13H11NO2. The maximum atomic E-state index is 11.9. The van der Waals surface area contributed by atoms with E-state index in [1.807, 2.05) is 12.2 Å². The Kier molecular flexibility index (Phi) is 1.94. The molecule has 0 radical (unpaired) electrons. The zero-order valence-corrected chi connectivity index (χ0v) is 8.68. The van der Waals surface area contributed by atoms with Crippen molar-refractivity contribution >= 4 is 5.78 Å². The summed E-state index contributed by atoms with van der Waals surface area (Å²) in [5, 5.41) is 10.9. The third-order valence-corrected chi connectivity index (χ3v) is 3.07. The quantitative estimate of drug-likeness (QED) is 0.671.